The molecule has 0 radical (unpaired) electrons. The van der Waals surface area contributed by atoms with Gasteiger partial charge in [-0.05, 0) is 0 Å². The first-order valence-corrected chi connectivity index (χ1v) is 4.19. The van der Waals surface area contributed by atoms with Crippen LogP contribution in [0.2, 0.25) is 0 Å². The van der Waals surface area contributed by atoms with Gasteiger partial charge in [-0.15, -0.1) is 0 Å². The number of hydrogen-bond donors (Lipinski definition) is 2. The zero-order valence-electron chi connectivity index (χ0n) is 5.32. The van der Waals surface area contributed by atoms with E-state index in [1.807, 2.05) is 0 Å². The molecule has 3 heteroatoms. The molecule has 0 heterocycles. The maximum atomic E-state index is 3.19. The van der Waals surface area contributed by atoms with Crippen LogP contribution in [-0.2, 0) is 19.4 Å². The van der Waals surface area contributed by atoms with Crippen molar-refractivity contribution < 1.29 is 19.4 Å². The Bertz CT molecular complexity index is 72.8. The van der Waals surface area contributed by atoms with E-state index in [1.165, 1.54) is 23.4 Å². The number of nitrogens with one attached hydrogen (secondary N) is 2. The molecule has 0 aliphatic rings. The first-order chi connectivity index (χ1) is 3.77. The Hall–Kier alpha value is 0.478. The van der Waals surface area contributed by atoms with Gasteiger partial charge in [0, 0.05) is 0 Å². The van der Waals surface area contributed by atoms with E-state index in [9.17, 15) is 0 Å². The van der Waals surface area contributed by atoms with Crippen LogP contribution >= 0.6 is 0 Å². The molecule has 0 aromatic heterocycles. The summed E-state index contributed by atoms with van der Waals surface area (Å²) < 4.78 is 1.34. The molecule has 2 N–H and O–H groups in total. The number of hydrogen-bond acceptors (Lipinski definition) is 2. The fourth-order valence-electron chi connectivity index (χ4n) is 0.312. The summed E-state index contributed by atoms with van der Waals surface area (Å²) in [5.41, 5.74) is 0. The van der Waals surface area contributed by atoms with Gasteiger partial charge < -0.3 is 0 Å². The third-order valence-electron chi connectivity index (χ3n) is 0.712. The Kier molecular flexibility index (Phi) is 5.95. The normalized spacial score (nSPS) is 9.25. The Morgan fingerprint density at radius 3 is 2.62 bits per heavy atom. The van der Waals surface area contributed by atoms with Crippen LogP contribution in [-0.4, -0.2) is 17.2 Å². The monoisotopic (exact) mass is 284 g/mol. The second-order valence-corrected chi connectivity index (χ2v) is 3.71. The summed E-state index contributed by atoms with van der Waals surface area (Å²) in [4.78, 5) is 0. The number of rotatable bonds is 4. The van der Waals surface area contributed by atoms with Crippen molar-refractivity contribution in [1.82, 2.24) is 10.6 Å². The second-order valence-electron chi connectivity index (χ2n) is 1.51. The molecule has 8 heavy (non-hydrogen) atoms. The van der Waals surface area contributed by atoms with Gasteiger partial charge in [0.1, 0.15) is 0 Å². The van der Waals surface area contributed by atoms with Crippen molar-refractivity contribution in [3.63, 3.8) is 0 Å². The molecule has 2 nitrogen and oxygen atoms in total. The van der Waals surface area contributed by atoms with Gasteiger partial charge in [0.2, 0.25) is 0 Å². The molecule has 0 rings (SSSR count). The van der Waals surface area contributed by atoms with E-state index in [0.717, 1.165) is 13.2 Å². The van der Waals surface area contributed by atoms with Crippen LogP contribution in [0.1, 0.15) is 13.8 Å². The summed E-state index contributed by atoms with van der Waals surface area (Å²) in [6.07, 6.45) is 0. The van der Waals surface area contributed by atoms with Crippen LogP contribution in [0.15, 0.2) is 0 Å². The summed E-state index contributed by atoms with van der Waals surface area (Å²) in [6, 6.07) is 0. The van der Waals surface area contributed by atoms with Crippen molar-refractivity contribution in [2.45, 2.75) is 13.8 Å². The Labute approximate surface area is 61.5 Å². The molecule has 0 spiro atoms. The Morgan fingerprint density at radius 2 is 2.25 bits per heavy atom. The van der Waals surface area contributed by atoms with Crippen LogP contribution in [0.3, 0.4) is 0 Å². The fourth-order valence-corrected chi connectivity index (χ4v) is 0.571. The molecule has 0 unspecified atom stereocenters. The van der Waals surface area contributed by atoms with E-state index in [1.54, 1.807) is 0 Å². The van der Waals surface area contributed by atoms with Crippen molar-refractivity contribution in [3.8, 4) is 0 Å². The van der Waals surface area contributed by atoms with Crippen LogP contribution in [0.25, 0.3) is 0 Å². The Morgan fingerprint density at radius 1 is 1.62 bits per heavy atom. The van der Waals surface area contributed by atoms with E-state index in [0.29, 0.717) is 0 Å². The molecule has 48 valence electrons. The van der Waals surface area contributed by atoms with Gasteiger partial charge in [-0.2, -0.15) is 0 Å². The molecule has 0 saturated heterocycles. The standard InChI is InChI=1S/C5H12N2.W/c1-3-6-5-7-4-2;/h6-7H,3,5H2,1-2H3;. The van der Waals surface area contributed by atoms with Gasteiger partial charge >= 0.3 is 61.1 Å². The summed E-state index contributed by atoms with van der Waals surface area (Å²) in [5.74, 6) is 0. The molecule has 0 bridgehead atoms. The zero-order valence-corrected chi connectivity index (χ0v) is 8.26. The quantitative estimate of drug-likeness (QED) is 0.554. The molecule has 0 saturated carbocycles. The van der Waals surface area contributed by atoms with Crippen molar-refractivity contribution >= 4 is 4.02 Å². The minimum atomic E-state index is 0.909. The van der Waals surface area contributed by atoms with Crippen molar-refractivity contribution in [2.75, 3.05) is 13.2 Å². The minimum absolute atomic E-state index is 0.909. The predicted molar refractivity (Wildman–Crippen MR) is 32.4 cm³/mol. The average molecular weight is 284 g/mol. The molecule has 0 aliphatic heterocycles. The van der Waals surface area contributed by atoms with Crippen LogP contribution in [0.4, 0.5) is 0 Å². The van der Waals surface area contributed by atoms with Crippen LogP contribution in [0.5, 0.6) is 0 Å². The van der Waals surface area contributed by atoms with E-state index in [2.05, 4.69) is 24.5 Å². The van der Waals surface area contributed by atoms with Gasteiger partial charge in [-0.3, -0.25) is 0 Å². The fraction of sp³-hybridized carbons (Fsp3) is 0.800. The van der Waals surface area contributed by atoms with E-state index >= 15 is 0 Å². The summed E-state index contributed by atoms with van der Waals surface area (Å²) >= 11 is 1.51. The van der Waals surface area contributed by atoms with Crippen molar-refractivity contribution in [3.05, 3.63) is 0 Å². The summed E-state index contributed by atoms with van der Waals surface area (Å²) in [5, 5.41) is 6.35. The third kappa shape index (κ3) is 6.48. The Balaban J connectivity index is 2.82. The zero-order chi connectivity index (χ0) is 6.41. The van der Waals surface area contributed by atoms with Crippen LogP contribution in [0, 0.1) is 0 Å². The topological polar surface area (TPSA) is 24.1 Å². The van der Waals surface area contributed by atoms with Gasteiger partial charge in [-0.25, -0.2) is 0 Å². The molecule has 0 atom stereocenters. The van der Waals surface area contributed by atoms with E-state index in [4.69, 9.17) is 0 Å². The molecule has 0 fully saturated rings. The first kappa shape index (κ1) is 8.48. The molecule has 0 aliphatic carbocycles. The van der Waals surface area contributed by atoms with Crippen molar-refractivity contribution in [2.24, 2.45) is 0 Å². The molecule has 0 aromatic rings. The molecular formula is C5H12N2W. The van der Waals surface area contributed by atoms with Crippen molar-refractivity contribution in [1.29, 1.82) is 0 Å². The van der Waals surface area contributed by atoms with E-state index in [-0.39, 0.29) is 0 Å². The van der Waals surface area contributed by atoms with Gasteiger partial charge in [0.05, 0.1) is 0 Å². The van der Waals surface area contributed by atoms with Gasteiger partial charge in [0.15, 0.2) is 0 Å². The average Bonchev–Trinajstić information content (AvgIpc) is 1.66. The van der Waals surface area contributed by atoms with Gasteiger partial charge in [0.25, 0.3) is 0 Å². The SMILES string of the molecule is CCNCN[C](C)=[W]. The summed E-state index contributed by atoms with van der Waals surface area (Å²) in [7, 11) is 0. The molecule has 0 aromatic carbocycles. The molecule has 0 amide bonds. The first-order valence-electron chi connectivity index (χ1n) is 2.72. The summed E-state index contributed by atoms with van der Waals surface area (Å²) in [6.45, 7) is 6.13. The maximum absolute atomic E-state index is 3.19. The molecular weight excluding hydrogens is 272 g/mol. The third-order valence-corrected chi connectivity index (χ3v) is 1.23. The van der Waals surface area contributed by atoms with Gasteiger partial charge in [-0.1, -0.05) is 0 Å². The second kappa shape index (κ2) is 5.61. The predicted octanol–water partition coefficient (Wildman–Crippen LogP) is -0.160. The van der Waals surface area contributed by atoms with Crippen LogP contribution < -0.4 is 10.6 Å². The van der Waals surface area contributed by atoms with E-state index < -0.39 is 0 Å².